The van der Waals surface area contributed by atoms with Gasteiger partial charge in [-0.25, -0.2) is 8.42 Å². The Morgan fingerprint density at radius 2 is 1.73 bits per heavy atom. The average molecular weight is 581 g/mol. The molecule has 0 saturated heterocycles. The van der Waals surface area contributed by atoms with Crippen molar-refractivity contribution in [2.45, 2.75) is 76.2 Å². The predicted molar refractivity (Wildman–Crippen MR) is 147 cm³/mol. The van der Waals surface area contributed by atoms with Crippen molar-refractivity contribution in [3.63, 3.8) is 0 Å². The van der Waals surface area contributed by atoms with Crippen LogP contribution in [0.25, 0.3) is 0 Å². The first-order valence-electron chi connectivity index (χ1n) is 14.0. The van der Waals surface area contributed by atoms with Crippen LogP contribution in [0.5, 0.6) is 0 Å². The van der Waals surface area contributed by atoms with Gasteiger partial charge in [-0.15, -0.1) is 0 Å². The number of carbonyl (C=O) groups excluding carboxylic acids is 1. The summed E-state index contributed by atoms with van der Waals surface area (Å²) in [5.74, 6) is -1.03. The lowest BCUT2D eigenvalue weighted by Gasteiger charge is -2.35. The smallest absolute Gasteiger partial charge is 0.391 e. The quantitative estimate of drug-likeness (QED) is 0.390. The van der Waals surface area contributed by atoms with Crippen molar-refractivity contribution in [3.05, 3.63) is 64.7 Å². The second-order valence-electron chi connectivity index (χ2n) is 11.5. The van der Waals surface area contributed by atoms with Crippen LogP contribution in [0.15, 0.2) is 47.4 Å². The van der Waals surface area contributed by atoms with Crippen LogP contribution in [0.3, 0.4) is 0 Å². The number of amides is 1. The van der Waals surface area contributed by atoms with Gasteiger partial charge in [-0.3, -0.25) is 9.69 Å². The summed E-state index contributed by atoms with van der Waals surface area (Å²) in [4.78, 5) is 15.7. The highest BCUT2D eigenvalue weighted by molar-refractivity contribution is 7.91. The fourth-order valence-corrected chi connectivity index (χ4v) is 7.08. The maximum Gasteiger partial charge on any atom is 0.391 e. The van der Waals surface area contributed by atoms with Crippen LogP contribution >= 0.6 is 0 Å². The van der Waals surface area contributed by atoms with Gasteiger partial charge in [-0.2, -0.15) is 13.2 Å². The zero-order valence-corrected chi connectivity index (χ0v) is 24.1. The lowest BCUT2D eigenvalue weighted by Crippen LogP contribution is -2.34. The number of fused-ring (bicyclic) bond motifs is 1. The minimum absolute atomic E-state index is 0.0148. The van der Waals surface area contributed by atoms with E-state index in [1.54, 1.807) is 25.1 Å². The predicted octanol–water partition coefficient (Wildman–Crippen LogP) is 5.83. The van der Waals surface area contributed by atoms with Crippen LogP contribution in [0, 0.1) is 17.8 Å². The lowest BCUT2D eigenvalue weighted by atomic mass is 9.81. The topological polar surface area (TPSA) is 86.7 Å². The number of aliphatic hydroxyl groups excluding tert-OH is 1. The van der Waals surface area contributed by atoms with E-state index >= 15 is 0 Å². The van der Waals surface area contributed by atoms with Crippen LogP contribution in [0.1, 0.15) is 85.6 Å². The summed E-state index contributed by atoms with van der Waals surface area (Å²) >= 11 is 0. The molecular formula is C30H39F3N2O4S. The molecular weight excluding hydrogens is 541 g/mol. The summed E-state index contributed by atoms with van der Waals surface area (Å²) in [6, 6.07) is 11.2. The molecule has 0 unspecified atom stereocenters. The molecule has 2 aromatic carbocycles. The number of benzene rings is 2. The van der Waals surface area contributed by atoms with Crippen LogP contribution in [0.4, 0.5) is 13.2 Å². The molecule has 0 aromatic heterocycles. The fourth-order valence-electron chi connectivity index (χ4n) is 6.20. The third-order valence-corrected chi connectivity index (χ3v) is 10.2. The molecule has 0 radical (unpaired) electrons. The minimum Gasteiger partial charge on any atom is -0.394 e. The maximum absolute atomic E-state index is 13.2. The van der Waals surface area contributed by atoms with Gasteiger partial charge in [0.2, 0.25) is 0 Å². The zero-order chi connectivity index (χ0) is 29.2. The Hall–Kier alpha value is -2.43. The van der Waals surface area contributed by atoms with E-state index in [1.807, 2.05) is 12.1 Å². The molecule has 2 N–H and O–H groups in total. The van der Waals surface area contributed by atoms with Gasteiger partial charge < -0.3 is 10.4 Å². The molecule has 220 valence electrons. The van der Waals surface area contributed by atoms with Gasteiger partial charge in [0.05, 0.1) is 29.2 Å². The molecule has 0 spiro atoms. The Morgan fingerprint density at radius 3 is 2.27 bits per heavy atom. The number of aliphatic hydroxyl groups is 1. The second-order valence-corrected chi connectivity index (χ2v) is 13.8. The number of hydrogen-bond acceptors (Lipinski definition) is 5. The van der Waals surface area contributed by atoms with Gasteiger partial charge in [-0.1, -0.05) is 39.0 Å². The Kier molecular flexibility index (Phi) is 9.31. The highest BCUT2D eigenvalue weighted by Gasteiger charge is 2.42. The zero-order valence-electron chi connectivity index (χ0n) is 23.2. The third-order valence-electron chi connectivity index (χ3n) is 8.43. The number of nitrogens with one attached hydrogen (secondary N) is 1. The molecule has 1 amide bonds. The molecule has 2 aromatic rings. The molecule has 6 nitrogen and oxygen atoms in total. The van der Waals surface area contributed by atoms with Crippen LogP contribution in [-0.4, -0.2) is 49.4 Å². The van der Waals surface area contributed by atoms with Crippen LogP contribution in [-0.2, 0) is 16.4 Å². The SMILES string of the molecule is CCS(=O)(=O)c1ccc([C@H](CO)NC(=O)c2ccc3c(c2)CN(C[C@H]2CC[C@H](C(F)(F)F)CC2)[C@@H]3C(C)C)cc1. The molecule has 1 heterocycles. The number of halogens is 3. The van der Waals surface area contributed by atoms with Gasteiger partial charge in [0.25, 0.3) is 5.91 Å². The molecule has 40 heavy (non-hydrogen) atoms. The summed E-state index contributed by atoms with van der Waals surface area (Å²) in [6.45, 7) is 6.86. The van der Waals surface area contributed by atoms with E-state index in [1.165, 1.54) is 12.1 Å². The molecule has 4 rings (SSSR count). The highest BCUT2D eigenvalue weighted by Crippen LogP contribution is 2.43. The van der Waals surface area contributed by atoms with Crippen LogP contribution < -0.4 is 5.32 Å². The Bertz CT molecular complexity index is 1290. The van der Waals surface area contributed by atoms with Crippen molar-refractivity contribution >= 4 is 15.7 Å². The number of hydrogen-bond donors (Lipinski definition) is 2. The molecule has 1 aliphatic carbocycles. The monoisotopic (exact) mass is 580 g/mol. The molecule has 0 bridgehead atoms. The van der Waals surface area contributed by atoms with Crippen molar-refractivity contribution in [1.82, 2.24) is 10.2 Å². The van der Waals surface area contributed by atoms with E-state index in [0.717, 1.165) is 17.7 Å². The van der Waals surface area contributed by atoms with E-state index in [-0.39, 0.29) is 48.0 Å². The first kappa shape index (κ1) is 30.5. The fraction of sp³-hybridized carbons (Fsp3) is 0.567. The standard InChI is InChI=1S/C30H39F3N2O4S/c1-4-40(38,39)25-12-7-21(8-13-25)27(18-36)34-29(37)22-9-14-26-23(15-22)17-35(28(26)19(2)3)16-20-5-10-24(11-6-20)30(31,32)33/h7-9,12-15,19-20,24,27-28,36H,4-6,10-11,16-18H2,1-3H3,(H,34,37)/t20-,24-,27-,28+/m0/s1. The van der Waals surface area contributed by atoms with Crippen molar-refractivity contribution in [2.75, 3.05) is 18.9 Å². The molecule has 10 heteroatoms. The number of alkyl halides is 3. The van der Waals surface area contributed by atoms with Crippen molar-refractivity contribution in [3.8, 4) is 0 Å². The molecule has 1 fully saturated rings. The summed E-state index contributed by atoms with van der Waals surface area (Å²) < 4.78 is 63.5. The first-order valence-corrected chi connectivity index (χ1v) is 15.7. The van der Waals surface area contributed by atoms with Gasteiger partial charge in [0, 0.05) is 24.7 Å². The Balaban J connectivity index is 1.44. The van der Waals surface area contributed by atoms with Crippen molar-refractivity contribution in [2.24, 2.45) is 17.8 Å². The number of nitrogens with zero attached hydrogens (tertiary/aromatic N) is 1. The van der Waals surface area contributed by atoms with Gasteiger partial charge in [-0.05, 0) is 78.5 Å². The number of carbonyl (C=O) groups is 1. The summed E-state index contributed by atoms with van der Waals surface area (Å²) in [6.07, 6.45) is -2.59. The molecule has 2 aliphatic rings. The molecule has 1 saturated carbocycles. The first-order chi connectivity index (χ1) is 18.8. The molecule has 1 aliphatic heterocycles. The van der Waals surface area contributed by atoms with Crippen molar-refractivity contribution in [1.29, 1.82) is 0 Å². The summed E-state index contributed by atoms with van der Waals surface area (Å²) in [5, 5.41) is 12.8. The largest absolute Gasteiger partial charge is 0.394 e. The second kappa shape index (κ2) is 12.2. The lowest BCUT2D eigenvalue weighted by molar-refractivity contribution is -0.184. The van der Waals surface area contributed by atoms with E-state index < -0.39 is 28.0 Å². The van der Waals surface area contributed by atoms with E-state index in [4.69, 9.17) is 0 Å². The van der Waals surface area contributed by atoms with Crippen molar-refractivity contribution < 1.29 is 31.5 Å². The Labute approximate surface area is 234 Å². The highest BCUT2D eigenvalue weighted by atomic mass is 32.2. The van der Waals surface area contributed by atoms with Gasteiger partial charge in [0.1, 0.15) is 0 Å². The Morgan fingerprint density at radius 1 is 1.07 bits per heavy atom. The normalized spacial score (nSPS) is 22.8. The minimum atomic E-state index is -4.11. The molecule has 2 atom stereocenters. The van der Waals surface area contributed by atoms with Crippen LogP contribution in [0.2, 0.25) is 0 Å². The van der Waals surface area contributed by atoms with Gasteiger partial charge >= 0.3 is 6.18 Å². The van der Waals surface area contributed by atoms with Gasteiger partial charge in [0.15, 0.2) is 9.84 Å². The summed E-state index contributed by atoms with van der Waals surface area (Å²) in [5.41, 5.74) is 3.22. The maximum atomic E-state index is 13.2. The number of rotatable bonds is 9. The van der Waals surface area contributed by atoms with E-state index in [2.05, 4.69) is 24.1 Å². The summed E-state index contributed by atoms with van der Waals surface area (Å²) in [7, 11) is -3.35. The average Bonchev–Trinajstić information content (AvgIpc) is 3.28. The number of sulfone groups is 1. The van der Waals surface area contributed by atoms with E-state index in [9.17, 15) is 31.5 Å². The van der Waals surface area contributed by atoms with E-state index in [0.29, 0.717) is 36.4 Å². The third kappa shape index (κ3) is 6.71.